The van der Waals surface area contributed by atoms with Crippen molar-refractivity contribution in [2.45, 2.75) is 0 Å². The molecule has 1 amide bonds. The quantitative estimate of drug-likeness (QED) is 0.642. The van der Waals surface area contributed by atoms with Gasteiger partial charge in [0.25, 0.3) is 5.91 Å². The number of carbonyl (C=O) groups excluding carboxylic acids is 1. The first-order valence-corrected chi connectivity index (χ1v) is 8.49. The Morgan fingerprint density at radius 2 is 1.78 bits per heavy atom. The number of pyridine rings is 1. The molecule has 1 heterocycles. The maximum Gasteiger partial charge on any atom is 0.256 e. The molecule has 0 atom stereocenters. The summed E-state index contributed by atoms with van der Waals surface area (Å²) in [5, 5.41) is 6.54. The van der Waals surface area contributed by atoms with Gasteiger partial charge in [-0.05, 0) is 48.5 Å². The fourth-order valence-corrected chi connectivity index (χ4v) is 2.51. The molecule has 0 spiro atoms. The van der Waals surface area contributed by atoms with Crippen LogP contribution in [0, 0.1) is 0 Å². The smallest absolute Gasteiger partial charge is 0.256 e. The SMILES string of the molecule is COc1ccc(Nc2ccc(NC(=O)c3ccc(Cl)cc3)nc2)c(OC)c1. The van der Waals surface area contributed by atoms with Crippen LogP contribution in [0.15, 0.2) is 60.8 Å². The topological polar surface area (TPSA) is 72.5 Å². The molecule has 2 aromatic carbocycles. The van der Waals surface area contributed by atoms with E-state index in [1.54, 1.807) is 56.8 Å². The maximum atomic E-state index is 12.2. The number of nitrogens with one attached hydrogen (secondary N) is 2. The highest BCUT2D eigenvalue weighted by molar-refractivity contribution is 6.30. The van der Waals surface area contributed by atoms with Crippen molar-refractivity contribution in [3.8, 4) is 11.5 Å². The van der Waals surface area contributed by atoms with Crippen molar-refractivity contribution in [2.75, 3.05) is 24.9 Å². The van der Waals surface area contributed by atoms with Crippen LogP contribution in [0.25, 0.3) is 0 Å². The second-order valence-corrected chi connectivity index (χ2v) is 6.02. The summed E-state index contributed by atoms with van der Waals surface area (Å²) in [6.45, 7) is 0. The van der Waals surface area contributed by atoms with E-state index < -0.39 is 0 Å². The lowest BCUT2D eigenvalue weighted by molar-refractivity contribution is 0.102. The molecule has 3 aromatic rings. The molecule has 0 unspecified atom stereocenters. The lowest BCUT2D eigenvalue weighted by Crippen LogP contribution is -2.12. The predicted octanol–water partition coefficient (Wildman–Crippen LogP) is 4.75. The molecule has 138 valence electrons. The summed E-state index contributed by atoms with van der Waals surface area (Å²) in [6, 6.07) is 15.6. The molecule has 7 heteroatoms. The molecule has 1 aromatic heterocycles. The summed E-state index contributed by atoms with van der Waals surface area (Å²) in [5.41, 5.74) is 2.03. The third-order valence-electron chi connectivity index (χ3n) is 3.80. The molecular weight excluding hydrogens is 366 g/mol. The first-order valence-electron chi connectivity index (χ1n) is 8.11. The number of ether oxygens (including phenoxy) is 2. The van der Waals surface area contributed by atoms with Gasteiger partial charge in [0.1, 0.15) is 17.3 Å². The lowest BCUT2D eigenvalue weighted by atomic mass is 10.2. The van der Waals surface area contributed by atoms with Gasteiger partial charge >= 0.3 is 0 Å². The fourth-order valence-electron chi connectivity index (χ4n) is 2.39. The third kappa shape index (κ3) is 4.68. The van der Waals surface area contributed by atoms with Gasteiger partial charge in [0, 0.05) is 16.7 Å². The lowest BCUT2D eigenvalue weighted by Gasteiger charge is -2.12. The van der Waals surface area contributed by atoms with E-state index in [-0.39, 0.29) is 5.91 Å². The number of carbonyl (C=O) groups is 1. The molecule has 0 bridgehead atoms. The highest BCUT2D eigenvalue weighted by Gasteiger charge is 2.08. The molecule has 6 nitrogen and oxygen atoms in total. The van der Waals surface area contributed by atoms with E-state index >= 15 is 0 Å². The summed E-state index contributed by atoms with van der Waals surface area (Å²) in [7, 11) is 3.19. The van der Waals surface area contributed by atoms with E-state index in [0.29, 0.717) is 27.9 Å². The molecule has 2 N–H and O–H groups in total. The minimum atomic E-state index is -0.253. The number of halogens is 1. The maximum absolute atomic E-state index is 12.2. The highest BCUT2D eigenvalue weighted by Crippen LogP contribution is 2.31. The molecule has 27 heavy (non-hydrogen) atoms. The van der Waals surface area contributed by atoms with E-state index in [2.05, 4.69) is 15.6 Å². The monoisotopic (exact) mass is 383 g/mol. The van der Waals surface area contributed by atoms with Gasteiger partial charge in [0.2, 0.25) is 0 Å². The normalized spacial score (nSPS) is 10.2. The Morgan fingerprint density at radius 3 is 2.41 bits per heavy atom. The summed E-state index contributed by atoms with van der Waals surface area (Å²) < 4.78 is 10.6. The van der Waals surface area contributed by atoms with Crippen LogP contribution in [0.5, 0.6) is 11.5 Å². The Kier molecular flexibility index (Phi) is 5.78. The molecule has 0 aliphatic carbocycles. The van der Waals surface area contributed by atoms with Gasteiger partial charge in [-0.1, -0.05) is 11.6 Å². The number of hydrogen-bond donors (Lipinski definition) is 2. The Morgan fingerprint density at radius 1 is 1.00 bits per heavy atom. The number of benzene rings is 2. The Labute approximate surface area is 162 Å². The van der Waals surface area contributed by atoms with Gasteiger partial charge in [-0.25, -0.2) is 4.98 Å². The molecule has 0 fully saturated rings. The summed E-state index contributed by atoms with van der Waals surface area (Å²) in [4.78, 5) is 16.5. The first-order chi connectivity index (χ1) is 13.1. The number of aromatic nitrogens is 1. The number of hydrogen-bond acceptors (Lipinski definition) is 5. The Bertz CT molecular complexity index is 928. The molecule has 0 aliphatic heterocycles. The van der Waals surface area contributed by atoms with Gasteiger partial charge in [0.05, 0.1) is 31.8 Å². The van der Waals surface area contributed by atoms with Gasteiger partial charge in [0.15, 0.2) is 0 Å². The Balaban J connectivity index is 1.68. The van der Waals surface area contributed by atoms with E-state index in [0.717, 1.165) is 11.4 Å². The van der Waals surface area contributed by atoms with E-state index in [9.17, 15) is 4.79 Å². The summed E-state index contributed by atoms with van der Waals surface area (Å²) in [6.07, 6.45) is 1.63. The van der Waals surface area contributed by atoms with Gasteiger partial charge in [-0.15, -0.1) is 0 Å². The molecule has 3 rings (SSSR count). The van der Waals surface area contributed by atoms with Crippen molar-refractivity contribution in [3.05, 3.63) is 71.4 Å². The largest absolute Gasteiger partial charge is 0.497 e. The average molecular weight is 384 g/mol. The van der Waals surface area contributed by atoms with Crippen LogP contribution in [-0.4, -0.2) is 25.1 Å². The second-order valence-electron chi connectivity index (χ2n) is 5.58. The fraction of sp³-hybridized carbons (Fsp3) is 0.100. The van der Waals surface area contributed by atoms with Crippen LogP contribution in [0.2, 0.25) is 5.02 Å². The predicted molar refractivity (Wildman–Crippen MR) is 106 cm³/mol. The highest BCUT2D eigenvalue weighted by atomic mass is 35.5. The minimum absolute atomic E-state index is 0.253. The standard InChI is InChI=1S/C20H18ClN3O3/c1-26-16-8-9-17(18(11-16)27-2)23-15-7-10-19(22-12-15)24-20(25)13-3-5-14(21)6-4-13/h3-12,23H,1-2H3,(H,22,24,25). The minimum Gasteiger partial charge on any atom is -0.497 e. The van der Waals surface area contributed by atoms with Crippen molar-refractivity contribution in [3.63, 3.8) is 0 Å². The van der Waals surface area contributed by atoms with Crippen LogP contribution in [0.1, 0.15) is 10.4 Å². The van der Waals surface area contributed by atoms with Gasteiger partial charge in [-0.2, -0.15) is 0 Å². The summed E-state index contributed by atoms with van der Waals surface area (Å²) >= 11 is 5.83. The van der Waals surface area contributed by atoms with E-state index in [1.807, 2.05) is 18.2 Å². The van der Waals surface area contributed by atoms with E-state index in [1.165, 1.54) is 0 Å². The van der Waals surface area contributed by atoms with Crippen molar-refractivity contribution >= 4 is 34.7 Å². The van der Waals surface area contributed by atoms with Crippen molar-refractivity contribution in [1.29, 1.82) is 0 Å². The third-order valence-corrected chi connectivity index (χ3v) is 4.05. The summed E-state index contributed by atoms with van der Waals surface area (Å²) in [5.74, 6) is 1.55. The van der Waals surface area contributed by atoms with Crippen molar-refractivity contribution < 1.29 is 14.3 Å². The molecular formula is C20H18ClN3O3. The van der Waals surface area contributed by atoms with Crippen LogP contribution in [-0.2, 0) is 0 Å². The van der Waals surface area contributed by atoms with Crippen LogP contribution in [0.3, 0.4) is 0 Å². The molecule has 0 radical (unpaired) electrons. The van der Waals surface area contributed by atoms with Crippen LogP contribution >= 0.6 is 11.6 Å². The molecule has 0 saturated carbocycles. The molecule has 0 saturated heterocycles. The van der Waals surface area contributed by atoms with Crippen molar-refractivity contribution in [2.24, 2.45) is 0 Å². The Hall–Kier alpha value is -3.25. The number of nitrogens with zero attached hydrogens (tertiary/aromatic N) is 1. The van der Waals surface area contributed by atoms with Gasteiger partial charge < -0.3 is 20.1 Å². The van der Waals surface area contributed by atoms with Crippen LogP contribution in [0.4, 0.5) is 17.2 Å². The zero-order chi connectivity index (χ0) is 19.2. The molecule has 0 aliphatic rings. The van der Waals surface area contributed by atoms with Crippen molar-refractivity contribution in [1.82, 2.24) is 4.98 Å². The first kappa shape index (κ1) is 18.5. The average Bonchev–Trinajstić information content (AvgIpc) is 2.70. The van der Waals surface area contributed by atoms with Gasteiger partial charge in [-0.3, -0.25) is 4.79 Å². The number of rotatable bonds is 6. The number of anilines is 3. The number of methoxy groups -OCH3 is 2. The number of amides is 1. The second kappa shape index (κ2) is 8.42. The van der Waals surface area contributed by atoms with Crippen LogP contribution < -0.4 is 20.1 Å². The zero-order valence-electron chi connectivity index (χ0n) is 14.8. The van der Waals surface area contributed by atoms with E-state index in [4.69, 9.17) is 21.1 Å². The zero-order valence-corrected chi connectivity index (χ0v) is 15.6.